The average Bonchev–Trinajstić information content (AvgIpc) is 2.75. The Hall–Kier alpha value is -1.50. The van der Waals surface area contributed by atoms with Gasteiger partial charge in [0.25, 0.3) is 5.91 Å². The lowest BCUT2D eigenvalue weighted by atomic mass is 9.98. The van der Waals surface area contributed by atoms with Gasteiger partial charge in [0.05, 0.1) is 11.5 Å². The fraction of sp³-hybridized carbons (Fsp3) is 0.385. The number of carbonyl (C=O) groups is 2. The third-order valence-corrected chi connectivity index (χ3v) is 4.16. The largest absolute Gasteiger partial charge is 0.369 e. The van der Waals surface area contributed by atoms with E-state index in [4.69, 9.17) is 5.73 Å². The lowest BCUT2D eigenvalue weighted by Gasteiger charge is -2.17. The second kappa shape index (κ2) is 5.47. The van der Waals surface area contributed by atoms with Crippen LogP contribution in [0.5, 0.6) is 0 Å². The Balaban J connectivity index is 2.25. The minimum Gasteiger partial charge on any atom is -0.369 e. The summed E-state index contributed by atoms with van der Waals surface area (Å²) < 4.78 is 26.5. The number of primary amides is 1. The summed E-state index contributed by atoms with van der Waals surface area (Å²) in [6, 6.07) is 1.76. The van der Waals surface area contributed by atoms with Crippen molar-refractivity contribution in [2.45, 2.75) is 6.92 Å². The van der Waals surface area contributed by atoms with Gasteiger partial charge in [0.2, 0.25) is 5.91 Å². The first-order valence-corrected chi connectivity index (χ1v) is 6.83. The zero-order chi connectivity index (χ0) is 15.0. The Labute approximate surface area is 123 Å². The van der Waals surface area contributed by atoms with Crippen molar-refractivity contribution < 1.29 is 18.4 Å². The summed E-state index contributed by atoms with van der Waals surface area (Å²) in [5.74, 6) is -3.50. The van der Waals surface area contributed by atoms with Crippen LogP contribution in [-0.4, -0.2) is 29.8 Å². The lowest BCUT2D eigenvalue weighted by molar-refractivity contribution is -0.122. The fourth-order valence-electron chi connectivity index (χ4n) is 2.36. The standard InChI is InChI=1S/C13H13BrF2N2O2/c1-6-4-18(5-8(6)12(17)19)13(20)7-2-10(15)11(16)3-9(7)14/h2-3,6,8H,4-5H2,1H3,(H2,17,19)/t6-,8-/m1/s1. The molecule has 1 aliphatic heterocycles. The summed E-state index contributed by atoms with van der Waals surface area (Å²) in [4.78, 5) is 25.0. The molecule has 2 atom stereocenters. The molecule has 1 aliphatic rings. The van der Waals surface area contributed by atoms with E-state index in [0.29, 0.717) is 6.54 Å². The van der Waals surface area contributed by atoms with Crippen LogP contribution in [-0.2, 0) is 4.79 Å². The first kappa shape index (κ1) is 14.9. The molecule has 0 saturated carbocycles. The molecule has 2 amide bonds. The molecule has 0 aliphatic carbocycles. The zero-order valence-corrected chi connectivity index (χ0v) is 12.3. The van der Waals surface area contributed by atoms with Crippen molar-refractivity contribution in [1.29, 1.82) is 0 Å². The summed E-state index contributed by atoms with van der Waals surface area (Å²) in [6.07, 6.45) is 0. The molecule has 2 N–H and O–H groups in total. The summed E-state index contributed by atoms with van der Waals surface area (Å²) in [7, 11) is 0. The highest BCUT2D eigenvalue weighted by Crippen LogP contribution is 2.27. The highest BCUT2D eigenvalue weighted by Gasteiger charge is 2.36. The molecule has 1 aromatic carbocycles. The first-order chi connectivity index (χ1) is 9.31. The molecular formula is C13H13BrF2N2O2. The number of hydrogen-bond acceptors (Lipinski definition) is 2. The predicted octanol–water partition coefficient (Wildman–Crippen LogP) is 1.92. The lowest BCUT2D eigenvalue weighted by Crippen LogP contribution is -2.32. The second-order valence-electron chi connectivity index (χ2n) is 4.94. The van der Waals surface area contributed by atoms with Crippen molar-refractivity contribution in [3.63, 3.8) is 0 Å². The smallest absolute Gasteiger partial charge is 0.255 e. The van der Waals surface area contributed by atoms with Crippen LogP contribution in [0.3, 0.4) is 0 Å². The van der Waals surface area contributed by atoms with E-state index in [9.17, 15) is 18.4 Å². The van der Waals surface area contributed by atoms with Crippen molar-refractivity contribution in [2.75, 3.05) is 13.1 Å². The maximum absolute atomic E-state index is 13.2. The molecule has 7 heteroatoms. The molecule has 0 spiro atoms. The Kier molecular flexibility index (Phi) is 4.08. The van der Waals surface area contributed by atoms with Gasteiger partial charge >= 0.3 is 0 Å². The second-order valence-corrected chi connectivity index (χ2v) is 5.80. The number of nitrogens with two attached hydrogens (primary N) is 1. The van der Waals surface area contributed by atoms with Crippen LogP contribution < -0.4 is 5.73 Å². The number of nitrogens with zero attached hydrogens (tertiary/aromatic N) is 1. The van der Waals surface area contributed by atoms with E-state index >= 15 is 0 Å². The van der Waals surface area contributed by atoms with Gasteiger partial charge in [-0.1, -0.05) is 6.92 Å². The van der Waals surface area contributed by atoms with E-state index < -0.39 is 29.4 Å². The third-order valence-electron chi connectivity index (χ3n) is 3.51. The maximum Gasteiger partial charge on any atom is 0.255 e. The van der Waals surface area contributed by atoms with Crippen molar-refractivity contribution in [3.8, 4) is 0 Å². The van der Waals surface area contributed by atoms with Crippen LogP contribution in [0.25, 0.3) is 0 Å². The van der Waals surface area contributed by atoms with Gasteiger partial charge in [-0.25, -0.2) is 8.78 Å². The molecule has 2 rings (SSSR count). The Morgan fingerprint density at radius 2 is 1.90 bits per heavy atom. The van der Waals surface area contributed by atoms with Gasteiger partial charge in [-0.3, -0.25) is 9.59 Å². The normalized spacial score (nSPS) is 22.1. The highest BCUT2D eigenvalue weighted by molar-refractivity contribution is 9.10. The summed E-state index contributed by atoms with van der Waals surface area (Å²) in [5, 5.41) is 0. The molecule has 0 unspecified atom stereocenters. The number of likely N-dealkylation sites (tertiary alicyclic amines) is 1. The average molecular weight is 347 g/mol. The van der Waals surface area contributed by atoms with Crippen LogP contribution in [0.1, 0.15) is 17.3 Å². The number of halogens is 3. The van der Waals surface area contributed by atoms with Gasteiger partial charge in [0.15, 0.2) is 11.6 Å². The van der Waals surface area contributed by atoms with Crippen molar-refractivity contribution in [2.24, 2.45) is 17.6 Å². The Morgan fingerprint density at radius 3 is 2.45 bits per heavy atom. The summed E-state index contributed by atoms with van der Waals surface area (Å²) in [5.41, 5.74) is 5.30. The molecular weight excluding hydrogens is 334 g/mol. The number of carbonyl (C=O) groups excluding carboxylic acids is 2. The minimum absolute atomic E-state index is 0.0289. The van der Waals surface area contributed by atoms with E-state index in [0.717, 1.165) is 12.1 Å². The maximum atomic E-state index is 13.2. The Morgan fingerprint density at radius 1 is 1.30 bits per heavy atom. The third kappa shape index (κ3) is 2.67. The van der Waals surface area contributed by atoms with Gasteiger partial charge in [0.1, 0.15) is 0 Å². The van der Waals surface area contributed by atoms with Crippen LogP contribution in [0.4, 0.5) is 8.78 Å². The number of rotatable bonds is 2. The summed E-state index contributed by atoms with van der Waals surface area (Å²) in [6.45, 7) is 2.38. The molecule has 108 valence electrons. The van der Waals surface area contributed by atoms with Crippen molar-refractivity contribution in [3.05, 3.63) is 33.8 Å². The van der Waals surface area contributed by atoms with Gasteiger partial charge in [0, 0.05) is 17.6 Å². The molecule has 0 radical (unpaired) electrons. The predicted molar refractivity (Wildman–Crippen MR) is 71.8 cm³/mol. The number of amides is 2. The monoisotopic (exact) mass is 346 g/mol. The van der Waals surface area contributed by atoms with Gasteiger partial charge in [-0.2, -0.15) is 0 Å². The molecule has 20 heavy (non-hydrogen) atoms. The highest BCUT2D eigenvalue weighted by atomic mass is 79.9. The van der Waals surface area contributed by atoms with Crippen molar-refractivity contribution >= 4 is 27.7 Å². The van der Waals surface area contributed by atoms with Gasteiger partial charge < -0.3 is 10.6 Å². The first-order valence-electron chi connectivity index (χ1n) is 6.04. The molecule has 0 bridgehead atoms. The van der Waals surface area contributed by atoms with Gasteiger partial charge in [-0.05, 0) is 34.0 Å². The Bertz CT molecular complexity index is 580. The van der Waals surface area contributed by atoms with Crippen LogP contribution >= 0.6 is 15.9 Å². The summed E-state index contributed by atoms with van der Waals surface area (Å²) >= 11 is 3.04. The zero-order valence-electron chi connectivity index (χ0n) is 10.7. The quantitative estimate of drug-likeness (QED) is 0.831. The number of hydrogen-bond donors (Lipinski definition) is 1. The van der Waals surface area contributed by atoms with Crippen LogP contribution in [0.2, 0.25) is 0 Å². The minimum atomic E-state index is -1.09. The molecule has 1 fully saturated rings. The van der Waals surface area contributed by atoms with E-state index in [2.05, 4.69) is 15.9 Å². The molecule has 1 saturated heterocycles. The van der Waals surface area contributed by atoms with Crippen LogP contribution in [0.15, 0.2) is 16.6 Å². The molecule has 1 heterocycles. The van der Waals surface area contributed by atoms with Crippen molar-refractivity contribution in [1.82, 2.24) is 4.90 Å². The van der Waals surface area contributed by atoms with E-state index in [1.54, 1.807) is 0 Å². The van der Waals surface area contributed by atoms with E-state index in [-0.39, 0.29) is 22.5 Å². The van der Waals surface area contributed by atoms with E-state index in [1.807, 2.05) is 6.92 Å². The molecule has 0 aromatic heterocycles. The fourth-order valence-corrected chi connectivity index (χ4v) is 2.84. The molecule has 4 nitrogen and oxygen atoms in total. The van der Waals surface area contributed by atoms with Gasteiger partial charge in [-0.15, -0.1) is 0 Å². The van der Waals surface area contributed by atoms with Crippen LogP contribution in [0, 0.1) is 23.5 Å². The number of benzene rings is 1. The SMILES string of the molecule is C[C@@H]1CN(C(=O)c2cc(F)c(F)cc2Br)C[C@H]1C(N)=O. The molecule has 1 aromatic rings. The topological polar surface area (TPSA) is 63.4 Å². The van der Waals surface area contributed by atoms with E-state index in [1.165, 1.54) is 4.90 Å².